The number of methoxy groups -OCH3 is 1. The van der Waals surface area contributed by atoms with Gasteiger partial charge in [0.2, 0.25) is 5.91 Å². The summed E-state index contributed by atoms with van der Waals surface area (Å²) in [7, 11) is 1.66. The average molecular weight is 476 g/mol. The number of rotatable bonds is 6. The zero-order valence-corrected chi connectivity index (χ0v) is 20.6. The Morgan fingerprint density at radius 1 is 1.18 bits per heavy atom. The van der Waals surface area contributed by atoms with E-state index in [2.05, 4.69) is 29.3 Å². The number of thiazole rings is 1. The fourth-order valence-electron chi connectivity index (χ4n) is 4.39. The Morgan fingerprint density at radius 3 is 2.65 bits per heavy atom. The number of hydrogen-bond donors (Lipinski definition) is 1. The Bertz CT molecular complexity index is 1290. The monoisotopic (exact) mass is 475 g/mol. The molecule has 1 aliphatic heterocycles. The molecule has 3 heterocycles. The number of ether oxygens (including phenoxy) is 1. The van der Waals surface area contributed by atoms with Crippen LogP contribution in [0.5, 0.6) is 5.75 Å². The van der Waals surface area contributed by atoms with Gasteiger partial charge < -0.3 is 15.0 Å². The number of carbonyl (C=O) groups is 1. The van der Waals surface area contributed by atoms with E-state index in [0.29, 0.717) is 6.54 Å². The highest BCUT2D eigenvalue weighted by atomic mass is 32.1. The van der Waals surface area contributed by atoms with Crippen LogP contribution in [0, 0.1) is 12.8 Å². The zero-order chi connectivity index (χ0) is 23.7. The first-order valence-electron chi connectivity index (χ1n) is 11.7. The maximum absolute atomic E-state index is 13.0. The van der Waals surface area contributed by atoms with Crippen LogP contribution in [0.2, 0.25) is 0 Å². The second-order valence-electron chi connectivity index (χ2n) is 8.67. The quantitative estimate of drug-likeness (QED) is 0.414. The van der Waals surface area contributed by atoms with Crippen LogP contribution in [-0.2, 0) is 11.2 Å². The summed E-state index contributed by atoms with van der Waals surface area (Å²) in [6.45, 7) is 5.72. The first kappa shape index (κ1) is 22.4. The van der Waals surface area contributed by atoms with Crippen LogP contribution in [0.15, 0.2) is 48.5 Å². The summed E-state index contributed by atoms with van der Waals surface area (Å²) in [5.74, 6) is 0.822. The SMILES string of the molecule is CCc1ccc(NC(=O)[C@H]2CCCN(c3nc4c(s3)c(C)nn4-c3ccc(OC)cc3)C2)cc1. The van der Waals surface area contributed by atoms with Gasteiger partial charge in [-0.05, 0) is 68.1 Å². The number of aromatic nitrogens is 3. The van der Waals surface area contributed by atoms with Crippen molar-refractivity contribution in [3.8, 4) is 11.4 Å². The number of carbonyl (C=O) groups excluding carboxylic acids is 1. The van der Waals surface area contributed by atoms with Gasteiger partial charge in [-0.15, -0.1) is 0 Å². The van der Waals surface area contributed by atoms with Gasteiger partial charge in [0.1, 0.15) is 5.75 Å². The third-order valence-corrected chi connectivity index (χ3v) is 7.60. The van der Waals surface area contributed by atoms with Crippen LogP contribution in [0.4, 0.5) is 10.8 Å². The minimum absolute atomic E-state index is 0.0641. The maximum Gasteiger partial charge on any atom is 0.229 e. The highest BCUT2D eigenvalue weighted by molar-refractivity contribution is 7.22. The molecule has 1 aliphatic rings. The van der Waals surface area contributed by atoms with Crippen LogP contribution >= 0.6 is 11.3 Å². The molecule has 5 rings (SSSR count). The van der Waals surface area contributed by atoms with Crippen LogP contribution in [0.1, 0.15) is 31.0 Å². The molecular formula is C26H29N5O2S. The smallest absolute Gasteiger partial charge is 0.229 e. The lowest BCUT2D eigenvalue weighted by Gasteiger charge is -2.31. The molecule has 8 heteroatoms. The van der Waals surface area contributed by atoms with Crippen molar-refractivity contribution >= 4 is 38.4 Å². The molecule has 0 aliphatic carbocycles. The number of hydrogen-bond acceptors (Lipinski definition) is 6. The first-order valence-corrected chi connectivity index (χ1v) is 12.5. The fourth-order valence-corrected chi connectivity index (χ4v) is 5.42. The largest absolute Gasteiger partial charge is 0.497 e. The molecule has 7 nitrogen and oxygen atoms in total. The molecule has 4 aromatic rings. The predicted molar refractivity (Wildman–Crippen MR) is 137 cm³/mol. The molecule has 1 N–H and O–H groups in total. The molecule has 0 bridgehead atoms. The fraction of sp³-hybridized carbons (Fsp3) is 0.346. The van der Waals surface area contributed by atoms with Crippen molar-refractivity contribution in [1.82, 2.24) is 14.8 Å². The highest BCUT2D eigenvalue weighted by Crippen LogP contribution is 2.35. The van der Waals surface area contributed by atoms with Gasteiger partial charge in [0.25, 0.3) is 0 Å². The van der Waals surface area contributed by atoms with Crippen molar-refractivity contribution in [2.75, 3.05) is 30.4 Å². The molecule has 2 aromatic carbocycles. The summed E-state index contributed by atoms with van der Waals surface area (Å²) in [5.41, 5.74) is 4.87. The van der Waals surface area contributed by atoms with Crippen LogP contribution in [0.25, 0.3) is 16.0 Å². The molecule has 34 heavy (non-hydrogen) atoms. The number of benzene rings is 2. The maximum atomic E-state index is 13.0. The van der Waals surface area contributed by atoms with E-state index >= 15 is 0 Å². The van der Waals surface area contributed by atoms with E-state index in [1.165, 1.54) is 5.56 Å². The standard InChI is InChI=1S/C26H29N5O2S/c1-4-18-7-9-20(10-8-18)27-25(32)19-6-5-15-30(16-19)26-28-24-23(34-26)17(2)29-31(24)21-11-13-22(33-3)14-12-21/h7-14,19H,4-6,15-16H2,1-3H3,(H,27,32)/t19-/m0/s1. The Morgan fingerprint density at radius 2 is 1.94 bits per heavy atom. The molecule has 1 amide bonds. The summed E-state index contributed by atoms with van der Waals surface area (Å²) < 4.78 is 8.24. The van der Waals surface area contributed by atoms with E-state index < -0.39 is 0 Å². The zero-order valence-electron chi connectivity index (χ0n) is 19.7. The Kier molecular flexibility index (Phi) is 6.24. The number of nitrogens with one attached hydrogen (secondary N) is 1. The van der Waals surface area contributed by atoms with Gasteiger partial charge in [-0.25, -0.2) is 4.68 Å². The minimum atomic E-state index is -0.0641. The van der Waals surface area contributed by atoms with Gasteiger partial charge in [0.05, 0.1) is 29.1 Å². The van der Waals surface area contributed by atoms with Gasteiger partial charge >= 0.3 is 0 Å². The van der Waals surface area contributed by atoms with E-state index in [4.69, 9.17) is 14.8 Å². The minimum Gasteiger partial charge on any atom is -0.497 e. The third kappa shape index (κ3) is 4.37. The van der Waals surface area contributed by atoms with Crippen molar-refractivity contribution in [2.45, 2.75) is 33.1 Å². The molecule has 0 unspecified atom stereocenters. The molecule has 176 valence electrons. The molecular weight excluding hydrogens is 446 g/mol. The van der Waals surface area contributed by atoms with Gasteiger partial charge in [-0.1, -0.05) is 30.4 Å². The van der Waals surface area contributed by atoms with Crippen LogP contribution < -0.4 is 15.0 Å². The predicted octanol–water partition coefficient (Wildman–Crippen LogP) is 5.22. The molecule has 2 aromatic heterocycles. The average Bonchev–Trinajstić information content (AvgIpc) is 3.45. The highest BCUT2D eigenvalue weighted by Gasteiger charge is 2.28. The summed E-state index contributed by atoms with van der Waals surface area (Å²) in [6, 6.07) is 15.9. The number of piperidine rings is 1. The summed E-state index contributed by atoms with van der Waals surface area (Å²) in [5, 5.41) is 8.75. The van der Waals surface area contributed by atoms with E-state index in [1.54, 1.807) is 18.4 Å². The first-order chi connectivity index (χ1) is 16.6. The lowest BCUT2D eigenvalue weighted by Crippen LogP contribution is -2.40. The number of anilines is 2. The van der Waals surface area contributed by atoms with Crippen molar-refractivity contribution in [1.29, 1.82) is 0 Å². The Labute approximate surface area is 203 Å². The molecule has 1 saturated heterocycles. The Balaban J connectivity index is 1.34. The second kappa shape index (κ2) is 9.46. The van der Waals surface area contributed by atoms with Gasteiger partial charge in [-0.3, -0.25) is 4.79 Å². The summed E-state index contributed by atoms with van der Waals surface area (Å²) in [6.07, 6.45) is 2.84. The van der Waals surface area contributed by atoms with Gasteiger partial charge in [0.15, 0.2) is 10.8 Å². The number of aryl methyl sites for hydroxylation is 2. The summed E-state index contributed by atoms with van der Waals surface area (Å²) in [4.78, 5) is 20.2. The molecule has 1 atom stereocenters. The topological polar surface area (TPSA) is 72.3 Å². The Hall–Kier alpha value is -3.39. The van der Waals surface area contributed by atoms with E-state index in [1.807, 2.05) is 48.0 Å². The number of amides is 1. The van der Waals surface area contributed by atoms with Gasteiger partial charge in [-0.2, -0.15) is 10.1 Å². The second-order valence-corrected chi connectivity index (χ2v) is 9.65. The number of nitrogens with zero attached hydrogens (tertiary/aromatic N) is 4. The van der Waals surface area contributed by atoms with Gasteiger partial charge in [0, 0.05) is 18.8 Å². The van der Waals surface area contributed by atoms with Crippen LogP contribution in [0.3, 0.4) is 0 Å². The molecule has 0 saturated carbocycles. The lowest BCUT2D eigenvalue weighted by molar-refractivity contribution is -0.120. The number of fused-ring (bicyclic) bond motifs is 1. The normalized spacial score (nSPS) is 16.1. The van der Waals surface area contributed by atoms with Crippen molar-refractivity contribution < 1.29 is 9.53 Å². The van der Waals surface area contributed by atoms with Crippen molar-refractivity contribution in [3.63, 3.8) is 0 Å². The lowest BCUT2D eigenvalue weighted by atomic mass is 9.97. The van der Waals surface area contributed by atoms with Crippen molar-refractivity contribution in [2.24, 2.45) is 5.92 Å². The van der Waals surface area contributed by atoms with Crippen molar-refractivity contribution in [3.05, 3.63) is 59.8 Å². The molecule has 1 fully saturated rings. The van der Waals surface area contributed by atoms with Crippen LogP contribution in [-0.4, -0.2) is 40.9 Å². The van der Waals surface area contributed by atoms with E-state index in [-0.39, 0.29) is 11.8 Å². The third-order valence-electron chi connectivity index (χ3n) is 6.39. The molecule has 0 radical (unpaired) electrons. The molecule has 0 spiro atoms. The summed E-state index contributed by atoms with van der Waals surface area (Å²) >= 11 is 1.65. The van der Waals surface area contributed by atoms with E-state index in [0.717, 1.165) is 64.1 Å². The van der Waals surface area contributed by atoms with E-state index in [9.17, 15) is 4.79 Å².